The fourth-order valence-corrected chi connectivity index (χ4v) is 1.40. The molecule has 0 spiro atoms. The van der Waals surface area contributed by atoms with E-state index < -0.39 is 0 Å². The monoisotopic (exact) mass is 209 g/mol. The Balaban J connectivity index is 0. The second-order valence-corrected chi connectivity index (χ2v) is 3.79. The molecule has 1 heteroatoms. The van der Waals surface area contributed by atoms with Gasteiger partial charge in [-0.15, -0.1) is 0 Å². The molecule has 0 fully saturated rings. The quantitative estimate of drug-likeness (QED) is 0.668. The molecule has 88 valence electrons. The Morgan fingerprint density at radius 3 is 1.87 bits per heavy atom. The summed E-state index contributed by atoms with van der Waals surface area (Å²) >= 11 is 0. The van der Waals surface area contributed by atoms with E-state index in [0.717, 1.165) is 0 Å². The number of pyridine rings is 1. The summed E-state index contributed by atoms with van der Waals surface area (Å²) in [4.78, 5) is 4.40. The predicted molar refractivity (Wildman–Crippen MR) is 70.5 cm³/mol. The summed E-state index contributed by atoms with van der Waals surface area (Å²) in [6.07, 6.45) is 1.88. The summed E-state index contributed by atoms with van der Waals surface area (Å²) in [5.74, 6) is 1.11. The highest BCUT2D eigenvalue weighted by atomic mass is 14.7. The Morgan fingerprint density at radius 2 is 1.53 bits per heavy atom. The van der Waals surface area contributed by atoms with E-state index in [1.165, 1.54) is 11.3 Å². The van der Waals surface area contributed by atoms with Gasteiger partial charge in [0, 0.05) is 11.9 Å². The first kappa shape index (κ1) is 16.6. The molecule has 0 aromatic carbocycles. The summed E-state index contributed by atoms with van der Waals surface area (Å²) in [6, 6.07) is 4.19. The third kappa shape index (κ3) is 4.96. The summed E-state index contributed by atoms with van der Waals surface area (Å²) in [6.45, 7) is 12.8. The first-order valence-electron chi connectivity index (χ1n) is 5.57. The fraction of sp³-hybridized carbons (Fsp3) is 0.643. The number of hydrogen-bond acceptors (Lipinski definition) is 1. The smallest absolute Gasteiger partial charge is 0.0463 e. The largest absolute Gasteiger partial charge is 0.261 e. The van der Waals surface area contributed by atoms with Crippen LogP contribution in [-0.2, 0) is 0 Å². The van der Waals surface area contributed by atoms with Gasteiger partial charge in [-0.05, 0) is 23.5 Å². The van der Waals surface area contributed by atoms with Crippen LogP contribution in [0.4, 0.5) is 0 Å². The van der Waals surface area contributed by atoms with Crippen LogP contribution in [0.25, 0.3) is 0 Å². The second-order valence-electron chi connectivity index (χ2n) is 3.79. The van der Waals surface area contributed by atoms with E-state index in [4.69, 9.17) is 0 Å². The van der Waals surface area contributed by atoms with Gasteiger partial charge in [-0.25, -0.2) is 0 Å². The first-order valence-corrected chi connectivity index (χ1v) is 5.57. The molecule has 0 unspecified atom stereocenters. The lowest BCUT2D eigenvalue weighted by molar-refractivity contribution is 0.757. The van der Waals surface area contributed by atoms with Crippen molar-refractivity contribution in [2.45, 2.75) is 60.8 Å². The third-order valence-electron chi connectivity index (χ3n) is 2.04. The molecule has 0 aliphatic rings. The van der Waals surface area contributed by atoms with Crippen molar-refractivity contribution in [1.29, 1.82) is 0 Å². The van der Waals surface area contributed by atoms with Crippen LogP contribution in [0.2, 0.25) is 0 Å². The van der Waals surface area contributed by atoms with Crippen LogP contribution < -0.4 is 0 Å². The van der Waals surface area contributed by atoms with Crippen molar-refractivity contribution >= 4 is 0 Å². The molecule has 1 aromatic heterocycles. The maximum absolute atomic E-state index is 4.40. The van der Waals surface area contributed by atoms with Crippen LogP contribution in [0.5, 0.6) is 0 Å². The van der Waals surface area contributed by atoms with Crippen molar-refractivity contribution in [2.75, 3.05) is 0 Å². The molecular formula is C14H27N. The van der Waals surface area contributed by atoms with Gasteiger partial charge >= 0.3 is 0 Å². The molecule has 1 aromatic rings. The van der Waals surface area contributed by atoms with Gasteiger partial charge in [0.25, 0.3) is 0 Å². The van der Waals surface area contributed by atoms with Gasteiger partial charge in [0.05, 0.1) is 0 Å². The summed E-state index contributed by atoms with van der Waals surface area (Å²) in [5.41, 5.74) is 2.63. The molecule has 0 aliphatic heterocycles. The van der Waals surface area contributed by atoms with Gasteiger partial charge in [0.2, 0.25) is 0 Å². The maximum Gasteiger partial charge on any atom is 0.0463 e. The number of nitrogens with zero attached hydrogens (tertiary/aromatic N) is 1. The van der Waals surface area contributed by atoms with E-state index in [9.17, 15) is 0 Å². The first-order chi connectivity index (χ1) is 6.63. The molecule has 0 saturated heterocycles. The van der Waals surface area contributed by atoms with Crippen molar-refractivity contribution in [3.05, 3.63) is 29.6 Å². The van der Waals surface area contributed by atoms with Crippen LogP contribution in [0, 0.1) is 0 Å². The lowest BCUT2D eigenvalue weighted by Gasteiger charge is -2.13. The molecule has 0 radical (unpaired) electrons. The van der Waals surface area contributed by atoms with E-state index in [2.05, 4.69) is 38.7 Å². The van der Waals surface area contributed by atoms with Crippen molar-refractivity contribution in [3.8, 4) is 0 Å². The SMILES string of the molecule is C.CC.CC(C)c1cccnc1C(C)C. The Kier molecular flexibility index (Phi) is 9.35. The van der Waals surface area contributed by atoms with Crippen LogP contribution in [0.15, 0.2) is 18.3 Å². The summed E-state index contributed by atoms with van der Waals surface area (Å²) in [5, 5.41) is 0. The molecule has 15 heavy (non-hydrogen) atoms. The minimum absolute atomic E-state index is 0. The zero-order valence-electron chi connectivity index (χ0n) is 10.3. The predicted octanol–water partition coefficient (Wildman–Crippen LogP) is 4.99. The molecular weight excluding hydrogens is 182 g/mol. The van der Waals surface area contributed by atoms with Crippen molar-refractivity contribution in [1.82, 2.24) is 4.98 Å². The molecule has 0 N–H and O–H groups in total. The Bertz CT molecular complexity index is 224. The van der Waals surface area contributed by atoms with Gasteiger partial charge in [0.15, 0.2) is 0 Å². The van der Waals surface area contributed by atoms with E-state index >= 15 is 0 Å². The van der Waals surface area contributed by atoms with Gasteiger partial charge in [-0.2, -0.15) is 0 Å². The Morgan fingerprint density at radius 1 is 1.00 bits per heavy atom. The minimum atomic E-state index is 0. The lowest BCUT2D eigenvalue weighted by atomic mass is 9.96. The number of aromatic nitrogens is 1. The Hall–Kier alpha value is -0.850. The van der Waals surface area contributed by atoms with Crippen LogP contribution >= 0.6 is 0 Å². The molecule has 0 saturated carbocycles. The maximum atomic E-state index is 4.40. The average Bonchev–Trinajstić information content (AvgIpc) is 2.20. The highest BCUT2D eigenvalue weighted by Crippen LogP contribution is 2.23. The average molecular weight is 209 g/mol. The lowest BCUT2D eigenvalue weighted by Crippen LogP contribution is -2.00. The molecule has 0 atom stereocenters. The van der Waals surface area contributed by atoms with Crippen molar-refractivity contribution in [3.63, 3.8) is 0 Å². The molecule has 1 rings (SSSR count). The fourth-order valence-electron chi connectivity index (χ4n) is 1.40. The van der Waals surface area contributed by atoms with Crippen LogP contribution in [0.1, 0.15) is 72.1 Å². The zero-order valence-corrected chi connectivity index (χ0v) is 10.3. The third-order valence-corrected chi connectivity index (χ3v) is 2.04. The molecule has 1 nitrogen and oxygen atoms in total. The number of hydrogen-bond donors (Lipinski definition) is 0. The summed E-state index contributed by atoms with van der Waals surface area (Å²) < 4.78 is 0. The molecule has 0 bridgehead atoms. The van der Waals surface area contributed by atoms with Gasteiger partial charge in [-0.3, -0.25) is 4.98 Å². The highest BCUT2D eigenvalue weighted by Gasteiger charge is 2.09. The van der Waals surface area contributed by atoms with Crippen molar-refractivity contribution in [2.24, 2.45) is 0 Å². The number of rotatable bonds is 2. The normalized spacial score (nSPS) is 9.33. The zero-order chi connectivity index (χ0) is 11.1. The van der Waals surface area contributed by atoms with E-state index in [0.29, 0.717) is 11.8 Å². The topological polar surface area (TPSA) is 12.9 Å². The molecule has 0 aliphatic carbocycles. The van der Waals surface area contributed by atoms with E-state index in [1.807, 2.05) is 26.1 Å². The Labute approximate surface area is 95.9 Å². The van der Waals surface area contributed by atoms with Gasteiger partial charge in [-0.1, -0.05) is 55.0 Å². The highest BCUT2D eigenvalue weighted by molar-refractivity contribution is 5.25. The standard InChI is InChI=1S/C11H17N.C2H6.CH4/c1-8(2)10-6-5-7-12-11(10)9(3)4;1-2;/h5-9H,1-4H3;1-2H3;1H4. The van der Waals surface area contributed by atoms with Crippen LogP contribution in [-0.4, -0.2) is 4.98 Å². The van der Waals surface area contributed by atoms with Gasteiger partial charge in [0.1, 0.15) is 0 Å². The van der Waals surface area contributed by atoms with Crippen molar-refractivity contribution < 1.29 is 0 Å². The van der Waals surface area contributed by atoms with Gasteiger partial charge < -0.3 is 0 Å². The molecule has 0 amide bonds. The summed E-state index contributed by atoms with van der Waals surface area (Å²) in [7, 11) is 0. The van der Waals surface area contributed by atoms with E-state index in [1.54, 1.807) is 0 Å². The second kappa shape index (κ2) is 8.46. The molecule has 1 heterocycles. The minimum Gasteiger partial charge on any atom is -0.261 e. The van der Waals surface area contributed by atoms with Crippen LogP contribution in [0.3, 0.4) is 0 Å². The van der Waals surface area contributed by atoms with E-state index in [-0.39, 0.29) is 7.43 Å².